The SMILES string of the molecule is CC(=O)CSC(=S)N1CCOCC1N. The zero-order chi connectivity index (χ0) is 10.6. The van der Waals surface area contributed by atoms with Crippen LogP contribution in [-0.4, -0.2) is 46.7 Å². The van der Waals surface area contributed by atoms with E-state index in [-0.39, 0.29) is 11.9 Å². The highest BCUT2D eigenvalue weighted by Crippen LogP contribution is 2.13. The number of nitrogens with two attached hydrogens (primary N) is 1. The molecule has 1 unspecified atom stereocenters. The summed E-state index contributed by atoms with van der Waals surface area (Å²) in [4.78, 5) is 12.7. The number of morpholine rings is 1. The van der Waals surface area contributed by atoms with Gasteiger partial charge in [-0.2, -0.15) is 0 Å². The van der Waals surface area contributed by atoms with Gasteiger partial charge in [-0.3, -0.25) is 4.79 Å². The monoisotopic (exact) mass is 234 g/mol. The maximum Gasteiger partial charge on any atom is 0.140 e. The van der Waals surface area contributed by atoms with Crippen molar-refractivity contribution in [3.63, 3.8) is 0 Å². The summed E-state index contributed by atoms with van der Waals surface area (Å²) in [6.45, 7) is 3.41. The normalized spacial score (nSPS) is 22.1. The minimum atomic E-state index is -0.171. The van der Waals surface area contributed by atoms with E-state index in [1.54, 1.807) is 6.92 Å². The molecule has 0 aromatic heterocycles. The van der Waals surface area contributed by atoms with Crippen molar-refractivity contribution in [1.29, 1.82) is 0 Å². The molecule has 0 radical (unpaired) electrons. The second kappa shape index (κ2) is 5.65. The summed E-state index contributed by atoms with van der Waals surface area (Å²) in [5.74, 6) is 0.544. The van der Waals surface area contributed by atoms with Crippen molar-refractivity contribution in [2.45, 2.75) is 13.1 Å². The summed E-state index contributed by atoms with van der Waals surface area (Å²) in [6, 6.07) is 0. The molecule has 1 fully saturated rings. The molecule has 0 amide bonds. The van der Waals surface area contributed by atoms with Crippen molar-refractivity contribution in [2.75, 3.05) is 25.5 Å². The van der Waals surface area contributed by atoms with Gasteiger partial charge in [0.15, 0.2) is 0 Å². The molecular weight excluding hydrogens is 220 g/mol. The highest BCUT2D eigenvalue weighted by Gasteiger charge is 2.21. The molecule has 0 bridgehead atoms. The number of Topliss-reactive ketones (excluding diaryl/α,β-unsaturated/α-hetero) is 1. The van der Waals surface area contributed by atoms with Gasteiger partial charge in [0.05, 0.1) is 19.0 Å². The zero-order valence-electron chi connectivity index (χ0n) is 8.06. The third kappa shape index (κ3) is 3.53. The molecule has 0 aromatic carbocycles. The molecule has 1 heterocycles. The fourth-order valence-electron chi connectivity index (χ4n) is 1.10. The van der Waals surface area contributed by atoms with Gasteiger partial charge in [0.2, 0.25) is 0 Å². The second-order valence-electron chi connectivity index (χ2n) is 3.09. The van der Waals surface area contributed by atoms with Crippen LogP contribution in [0.15, 0.2) is 0 Å². The quantitative estimate of drug-likeness (QED) is 0.689. The van der Waals surface area contributed by atoms with E-state index in [1.165, 1.54) is 11.8 Å². The van der Waals surface area contributed by atoms with E-state index in [9.17, 15) is 4.79 Å². The Kier molecular flexibility index (Phi) is 4.80. The summed E-state index contributed by atoms with van der Waals surface area (Å²) in [7, 11) is 0. The molecule has 4 nitrogen and oxygen atoms in total. The summed E-state index contributed by atoms with van der Waals surface area (Å²) < 4.78 is 5.88. The van der Waals surface area contributed by atoms with Crippen molar-refractivity contribution < 1.29 is 9.53 Å². The Morgan fingerprint density at radius 3 is 3.07 bits per heavy atom. The number of hydrogen-bond acceptors (Lipinski definition) is 5. The number of hydrogen-bond donors (Lipinski definition) is 1. The van der Waals surface area contributed by atoms with Crippen LogP contribution in [0.2, 0.25) is 0 Å². The molecule has 1 atom stereocenters. The van der Waals surface area contributed by atoms with E-state index < -0.39 is 0 Å². The Labute approximate surface area is 93.1 Å². The summed E-state index contributed by atoms with van der Waals surface area (Å²) >= 11 is 6.54. The number of ketones is 1. The van der Waals surface area contributed by atoms with Crippen LogP contribution >= 0.6 is 24.0 Å². The molecule has 0 saturated carbocycles. The topological polar surface area (TPSA) is 55.6 Å². The second-order valence-corrected chi connectivity index (χ2v) is 4.70. The van der Waals surface area contributed by atoms with Crippen LogP contribution in [0.1, 0.15) is 6.92 Å². The maximum absolute atomic E-state index is 10.8. The molecule has 1 aliphatic rings. The number of nitrogens with zero attached hydrogens (tertiary/aromatic N) is 1. The van der Waals surface area contributed by atoms with E-state index in [1.807, 2.05) is 4.90 Å². The number of carbonyl (C=O) groups is 1. The molecule has 6 heteroatoms. The van der Waals surface area contributed by atoms with E-state index in [0.29, 0.717) is 29.8 Å². The highest BCUT2D eigenvalue weighted by molar-refractivity contribution is 8.23. The van der Waals surface area contributed by atoms with Crippen LogP contribution in [0.5, 0.6) is 0 Å². The van der Waals surface area contributed by atoms with Crippen molar-refractivity contribution >= 4 is 34.1 Å². The van der Waals surface area contributed by atoms with Crippen LogP contribution in [0, 0.1) is 0 Å². The summed E-state index contributed by atoms with van der Waals surface area (Å²) in [5, 5.41) is 0. The van der Waals surface area contributed by atoms with Crippen LogP contribution in [-0.2, 0) is 9.53 Å². The lowest BCUT2D eigenvalue weighted by atomic mass is 10.4. The molecule has 1 saturated heterocycles. The Morgan fingerprint density at radius 2 is 2.50 bits per heavy atom. The standard InChI is InChI=1S/C8H14N2O2S2/c1-6(11)5-14-8(13)10-2-3-12-4-7(10)9/h7H,2-5,9H2,1H3. The first-order chi connectivity index (χ1) is 6.61. The molecule has 0 aliphatic carbocycles. The minimum absolute atomic E-state index is 0.124. The molecule has 1 aliphatic heterocycles. The highest BCUT2D eigenvalue weighted by atomic mass is 32.2. The Morgan fingerprint density at radius 1 is 1.79 bits per heavy atom. The molecule has 2 N–H and O–H groups in total. The third-order valence-electron chi connectivity index (χ3n) is 1.80. The summed E-state index contributed by atoms with van der Waals surface area (Å²) in [6.07, 6.45) is -0.171. The van der Waals surface area contributed by atoms with Gasteiger partial charge >= 0.3 is 0 Å². The lowest BCUT2D eigenvalue weighted by Crippen LogP contribution is -2.52. The van der Waals surface area contributed by atoms with E-state index >= 15 is 0 Å². The van der Waals surface area contributed by atoms with Gasteiger partial charge in [0.1, 0.15) is 16.3 Å². The van der Waals surface area contributed by atoms with Gasteiger partial charge in [-0.05, 0) is 6.92 Å². The first-order valence-corrected chi connectivity index (χ1v) is 5.77. The van der Waals surface area contributed by atoms with Crippen LogP contribution in [0.4, 0.5) is 0 Å². The molecule has 0 aromatic rings. The predicted molar refractivity (Wildman–Crippen MR) is 61.2 cm³/mol. The Balaban J connectivity index is 2.38. The van der Waals surface area contributed by atoms with E-state index in [2.05, 4.69) is 0 Å². The maximum atomic E-state index is 10.8. The largest absolute Gasteiger partial charge is 0.376 e. The van der Waals surface area contributed by atoms with Gasteiger partial charge in [-0.25, -0.2) is 0 Å². The average Bonchev–Trinajstić information content (AvgIpc) is 2.15. The fourth-order valence-corrected chi connectivity index (χ4v) is 2.22. The predicted octanol–water partition coefficient (Wildman–Crippen LogP) is 0.211. The summed E-state index contributed by atoms with van der Waals surface area (Å²) in [5.41, 5.74) is 5.80. The lowest BCUT2D eigenvalue weighted by molar-refractivity contribution is -0.114. The zero-order valence-corrected chi connectivity index (χ0v) is 9.70. The number of carbonyl (C=O) groups excluding carboxylic acids is 1. The number of rotatable bonds is 2. The van der Waals surface area contributed by atoms with Crippen LogP contribution < -0.4 is 5.73 Å². The Bertz CT molecular complexity index is 235. The van der Waals surface area contributed by atoms with Gasteiger partial charge < -0.3 is 15.4 Å². The van der Waals surface area contributed by atoms with Crippen LogP contribution in [0.25, 0.3) is 0 Å². The third-order valence-corrected chi connectivity index (χ3v) is 3.42. The van der Waals surface area contributed by atoms with Gasteiger partial charge in [0, 0.05) is 6.54 Å². The lowest BCUT2D eigenvalue weighted by Gasteiger charge is -2.34. The van der Waals surface area contributed by atoms with Crippen LogP contribution in [0.3, 0.4) is 0 Å². The van der Waals surface area contributed by atoms with Gasteiger partial charge in [0.25, 0.3) is 0 Å². The van der Waals surface area contributed by atoms with Gasteiger partial charge in [-0.15, -0.1) is 0 Å². The average molecular weight is 234 g/mol. The smallest absolute Gasteiger partial charge is 0.140 e. The Hall–Kier alpha value is -0.170. The molecule has 0 spiro atoms. The molecule has 1 rings (SSSR count). The van der Waals surface area contributed by atoms with E-state index in [4.69, 9.17) is 22.7 Å². The van der Waals surface area contributed by atoms with Gasteiger partial charge in [-0.1, -0.05) is 24.0 Å². The van der Waals surface area contributed by atoms with Crippen molar-refractivity contribution in [3.05, 3.63) is 0 Å². The number of thioether (sulfide) groups is 1. The molecule has 80 valence electrons. The number of thiocarbonyl (C=S) groups is 1. The molecule has 14 heavy (non-hydrogen) atoms. The van der Waals surface area contributed by atoms with Crippen molar-refractivity contribution in [3.8, 4) is 0 Å². The molecular formula is C8H14N2O2S2. The fraction of sp³-hybridized carbons (Fsp3) is 0.750. The minimum Gasteiger partial charge on any atom is -0.376 e. The first-order valence-electron chi connectivity index (χ1n) is 4.37. The first kappa shape index (κ1) is 11.9. The van der Waals surface area contributed by atoms with E-state index in [0.717, 1.165) is 0 Å². The number of ether oxygens (including phenoxy) is 1. The van der Waals surface area contributed by atoms with Crippen molar-refractivity contribution in [2.24, 2.45) is 5.73 Å². The van der Waals surface area contributed by atoms with Crippen molar-refractivity contribution in [1.82, 2.24) is 4.90 Å².